The lowest BCUT2D eigenvalue weighted by molar-refractivity contribution is 0.112. The number of carbonyl (C=O) groups excluding carboxylic acids is 1. The van der Waals surface area contributed by atoms with Crippen molar-refractivity contribution >= 4 is 17.2 Å². The van der Waals surface area contributed by atoms with E-state index in [1.54, 1.807) is 12.1 Å². The lowest BCUT2D eigenvalue weighted by Crippen LogP contribution is -1.86. The van der Waals surface area contributed by atoms with Gasteiger partial charge in [-0.3, -0.25) is 4.79 Å². The van der Waals surface area contributed by atoms with Crippen LogP contribution in [0.25, 0.3) is 22.2 Å². The van der Waals surface area contributed by atoms with E-state index in [0.29, 0.717) is 11.1 Å². The highest BCUT2D eigenvalue weighted by atomic mass is 16.1. The fraction of sp³-hybridized carbons (Fsp3) is 0.111. The minimum atomic E-state index is 0.553. The molecule has 0 atom stereocenters. The molecule has 1 heterocycles. The van der Waals surface area contributed by atoms with Gasteiger partial charge in [-0.25, -0.2) is 0 Å². The molecule has 0 amide bonds. The van der Waals surface area contributed by atoms with Gasteiger partial charge in [0, 0.05) is 16.5 Å². The zero-order valence-electron chi connectivity index (χ0n) is 11.7. The average Bonchev–Trinajstić information content (AvgIpc) is 2.92. The molecule has 2 aromatic carbocycles. The van der Waals surface area contributed by atoms with Crippen LogP contribution in [-0.4, -0.2) is 11.3 Å². The van der Waals surface area contributed by atoms with Crippen LogP contribution in [0.3, 0.4) is 0 Å². The van der Waals surface area contributed by atoms with Crippen LogP contribution in [-0.2, 0) is 6.42 Å². The molecular formula is C18H14N2O. The van der Waals surface area contributed by atoms with Crippen LogP contribution in [0.1, 0.15) is 28.4 Å². The number of aryl methyl sites for hydroxylation is 1. The van der Waals surface area contributed by atoms with Gasteiger partial charge < -0.3 is 4.98 Å². The van der Waals surface area contributed by atoms with Crippen LogP contribution < -0.4 is 0 Å². The van der Waals surface area contributed by atoms with Crippen molar-refractivity contribution in [3.05, 3.63) is 59.2 Å². The maximum absolute atomic E-state index is 11.5. The fourth-order valence-electron chi connectivity index (χ4n) is 2.54. The second kappa shape index (κ2) is 5.26. The number of carbonyl (C=O) groups is 1. The second-order valence-electron chi connectivity index (χ2n) is 4.95. The van der Waals surface area contributed by atoms with E-state index in [0.717, 1.165) is 34.9 Å². The molecule has 0 aliphatic rings. The standard InChI is InChI=1S/C18H14N2O/c1-2-12-3-6-14(7-4-12)18-16(11-21)15-9-13(10-19)5-8-17(15)20-18/h3-9,11,20H,2H2,1H3. The summed E-state index contributed by atoms with van der Waals surface area (Å²) in [6.07, 6.45) is 1.84. The van der Waals surface area contributed by atoms with Crippen LogP contribution in [0.2, 0.25) is 0 Å². The van der Waals surface area contributed by atoms with Gasteiger partial charge in [0.25, 0.3) is 0 Å². The van der Waals surface area contributed by atoms with Crippen molar-refractivity contribution in [1.29, 1.82) is 5.26 Å². The third kappa shape index (κ3) is 2.21. The van der Waals surface area contributed by atoms with Gasteiger partial charge in [0.1, 0.15) is 0 Å². The molecule has 0 radical (unpaired) electrons. The van der Waals surface area contributed by atoms with Gasteiger partial charge in [-0.1, -0.05) is 31.2 Å². The lowest BCUT2D eigenvalue weighted by Gasteiger charge is -2.02. The van der Waals surface area contributed by atoms with E-state index in [1.165, 1.54) is 5.56 Å². The summed E-state index contributed by atoms with van der Waals surface area (Å²) in [5, 5.41) is 9.78. The molecule has 3 aromatic rings. The molecule has 0 aliphatic heterocycles. The summed E-state index contributed by atoms with van der Waals surface area (Å²) < 4.78 is 0. The largest absolute Gasteiger partial charge is 0.354 e. The third-order valence-corrected chi connectivity index (χ3v) is 3.74. The quantitative estimate of drug-likeness (QED) is 0.731. The Bertz CT molecular complexity index is 851. The summed E-state index contributed by atoms with van der Waals surface area (Å²) in [4.78, 5) is 14.8. The fourth-order valence-corrected chi connectivity index (χ4v) is 2.54. The molecular weight excluding hydrogens is 260 g/mol. The summed E-state index contributed by atoms with van der Waals surface area (Å²) in [6.45, 7) is 2.11. The van der Waals surface area contributed by atoms with Gasteiger partial charge in [-0.15, -0.1) is 0 Å². The Hall–Kier alpha value is -2.86. The van der Waals surface area contributed by atoms with Gasteiger partial charge in [0.2, 0.25) is 0 Å². The first-order valence-corrected chi connectivity index (χ1v) is 6.87. The molecule has 0 bridgehead atoms. The van der Waals surface area contributed by atoms with E-state index >= 15 is 0 Å². The number of aromatic nitrogens is 1. The monoisotopic (exact) mass is 274 g/mol. The van der Waals surface area contributed by atoms with Gasteiger partial charge in [-0.2, -0.15) is 5.26 Å². The highest BCUT2D eigenvalue weighted by molar-refractivity contribution is 6.04. The topological polar surface area (TPSA) is 56.6 Å². The molecule has 3 heteroatoms. The van der Waals surface area contributed by atoms with Crippen molar-refractivity contribution in [3.8, 4) is 17.3 Å². The smallest absolute Gasteiger partial charge is 0.152 e. The summed E-state index contributed by atoms with van der Waals surface area (Å²) in [5.41, 5.74) is 5.06. The first kappa shape index (κ1) is 13.1. The highest BCUT2D eigenvalue weighted by Crippen LogP contribution is 2.30. The molecule has 3 rings (SSSR count). The Kier molecular flexibility index (Phi) is 3.29. The maximum atomic E-state index is 11.5. The van der Waals surface area contributed by atoms with Crippen LogP contribution in [0.4, 0.5) is 0 Å². The number of nitrogens with zero attached hydrogens (tertiary/aromatic N) is 1. The summed E-state index contributed by atoms with van der Waals surface area (Å²) in [7, 11) is 0. The molecule has 1 N–H and O–H groups in total. The number of fused-ring (bicyclic) bond motifs is 1. The molecule has 0 saturated heterocycles. The first-order valence-electron chi connectivity index (χ1n) is 6.87. The summed E-state index contributed by atoms with van der Waals surface area (Å²) in [6, 6.07) is 15.6. The number of H-pyrrole nitrogens is 1. The normalized spacial score (nSPS) is 10.5. The minimum Gasteiger partial charge on any atom is -0.354 e. The predicted molar refractivity (Wildman–Crippen MR) is 83.2 cm³/mol. The van der Waals surface area contributed by atoms with Gasteiger partial charge in [0.15, 0.2) is 6.29 Å². The number of hydrogen-bond acceptors (Lipinski definition) is 2. The highest BCUT2D eigenvalue weighted by Gasteiger charge is 2.13. The number of rotatable bonds is 3. The third-order valence-electron chi connectivity index (χ3n) is 3.74. The van der Waals surface area contributed by atoms with Gasteiger partial charge in [0.05, 0.1) is 17.3 Å². The molecule has 0 unspecified atom stereocenters. The lowest BCUT2D eigenvalue weighted by atomic mass is 10.0. The minimum absolute atomic E-state index is 0.553. The van der Waals surface area contributed by atoms with Crippen molar-refractivity contribution in [2.24, 2.45) is 0 Å². The van der Waals surface area contributed by atoms with Crippen molar-refractivity contribution in [2.45, 2.75) is 13.3 Å². The first-order chi connectivity index (χ1) is 10.3. The van der Waals surface area contributed by atoms with Crippen LogP contribution in [0, 0.1) is 11.3 Å². The Morgan fingerprint density at radius 2 is 1.95 bits per heavy atom. The van der Waals surface area contributed by atoms with E-state index in [1.807, 2.05) is 18.2 Å². The van der Waals surface area contributed by atoms with E-state index in [2.05, 4.69) is 30.1 Å². The molecule has 0 fully saturated rings. The molecule has 1 aromatic heterocycles. The van der Waals surface area contributed by atoms with Crippen molar-refractivity contribution in [3.63, 3.8) is 0 Å². The Balaban J connectivity index is 2.22. The van der Waals surface area contributed by atoms with Crippen molar-refractivity contribution in [2.75, 3.05) is 0 Å². The predicted octanol–water partition coefficient (Wildman–Crippen LogP) is 4.08. The van der Waals surface area contributed by atoms with Crippen LogP contribution in [0.5, 0.6) is 0 Å². The van der Waals surface area contributed by atoms with Crippen LogP contribution in [0.15, 0.2) is 42.5 Å². The van der Waals surface area contributed by atoms with Crippen LogP contribution >= 0.6 is 0 Å². The van der Waals surface area contributed by atoms with E-state index in [-0.39, 0.29) is 0 Å². The SMILES string of the molecule is CCc1ccc(-c2[nH]c3ccc(C#N)cc3c2C=O)cc1. The molecule has 102 valence electrons. The van der Waals surface area contributed by atoms with Gasteiger partial charge >= 0.3 is 0 Å². The summed E-state index contributed by atoms with van der Waals surface area (Å²) in [5.74, 6) is 0. The zero-order valence-corrected chi connectivity index (χ0v) is 11.7. The van der Waals surface area contributed by atoms with E-state index in [9.17, 15) is 4.79 Å². The van der Waals surface area contributed by atoms with Gasteiger partial charge in [-0.05, 0) is 35.7 Å². The summed E-state index contributed by atoms with van der Waals surface area (Å²) >= 11 is 0. The number of hydrogen-bond donors (Lipinski definition) is 1. The van der Waals surface area contributed by atoms with E-state index in [4.69, 9.17) is 5.26 Å². The average molecular weight is 274 g/mol. The van der Waals surface area contributed by atoms with Crippen molar-refractivity contribution < 1.29 is 4.79 Å². The Labute approximate surface area is 122 Å². The number of nitrogens with one attached hydrogen (secondary N) is 1. The van der Waals surface area contributed by atoms with Crippen molar-refractivity contribution in [1.82, 2.24) is 4.98 Å². The zero-order chi connectivity index (χ0) is 14.8. The number of aromatic amines is 1. The number of benzene rings is 2. The van der Waals surface area contributed by atoms with E-state index < -0.39 is 0 Å². The molecule has 0 aliphatic carbocycles. The second-order valence-corrected chi connectivity index (χ2v) is 4.95. The molecule has 3 nitrogen and oxygen atoms in total. The maximum Gasteiger partial charge on any atom is 0.152 e. The Morgan fingerprint density at radius 3 is 2.57 bits per heavy atom. The number of aldehydes is 1. The number of nitriles is 1. The Morgan fingerprint density at radius 1 is 1.19 bits per heavy atom. The molecule has 21 heavy (non-hydrogen) atoms. The molecule has 0 saturated carbocycles. The molecule has 0 spiro atoms.